The van der Waals surface area contributed by atoms with Crippen LogP contribution in [0.15, 0.2) is 30.3 Å². The molecule has 2 N–H and O–H groups in total. The first-order valence-electron chi connectivity index (χ1n) is 6.35. The average molecular weight is 246 g/mol. The number of carbonyl (C=O) groups excluding carboxylic acids is 1. The van der Waals surface area contributed by atoms with Crippen LogP contribution in [0.3, 0.4) is 0 Å². The summed E-state index contributed by atoms with van der Waals surface area (Å²) in [6.45, 7) is 7.73. The molecule has 18 heavy (non-hydrogen) atoms. The normalized spacial score (nSPS) is 11.1. The first-order valence-corrected chi connectivity index (χ1v) is 6.35. The van der Waals surface area contributed by atoms with Crippen LogP contribution in [0.25, 0.3) is 6.08 Å². The molecule has 1 amide bonds. The highest BCUT2D eigenvalue weighted by Gasteiger charge is 2.09. The average Bonchev–Trinajstić information content (AvgIpc) is 2.33. The van der Waals surface area contributed by atoms with E-state index >= 15 is 0 Å². The Labute approximate surface area is 109 Å². The van der Waals surface area contributed by atoms with Gasteiger partial charge in [0.05, 0.1) is 0 Å². The molecule has 0 saturated carbocycles. The lowest BCUT2D eigenvalue weighted by Gasteiger charge is -2.21. The molecule has 0 heterocycles. The van der Waals surface area contributed by atoms with Crippen molar-refractivity contribution in [3.63, 3.8) is 0 Å². The number of hydrogen-bond acceptors (Lipinski definition) is 2. The second kappa shape index (κ2) is 6.84. The highest BCUT2D eigenvalue weighted by molar-refractivity contribution is 5.91. The topological polar surface area (TPSA) is 46.3 Å². The second-order valence-electron chi connectivity index (χ2n) is 4.77. The zero-order chi connectivity index (χ0) is 13.5. The number of rotatable bonds is 5. The molecule has 0 aliphatic carbocycles. The van der Waals surface area contributed by atoms with E-state index in [9.17, 15) is 4.79 Å². The summed E-state index contributed by atoms with van der Waals surface area (Å²) in [6.07, 6.45) is 3.42. The molecule has 0 unspecified atom stereocenters. The minimum Gasteiger partial charge on any atom is -0.399 e. The van der Waals surface area contributed by atoms with Crippen LogP contribution in [0.1, 0.15) is 26.3 Å². The van der Waals surface area contributed by atoms with E-state index in [2.05, 4.69) is 13.8 Å². The van der Waals surface area contributed by atoms with Gasteiger partial charge in [-0.15, -0.1) is 0 Å². The van der Waals surface area contributed by atoms with Gasteiger partial charge < -0.3 is 10.6 Å². The van der Waals surface area contributed by atoms with Crippen LogP contribution in [0.5, 0.6) is 0 Å². The predicted octanol–water partition coefficient (Wildman–Crippen LogP) is 2.79. The third-order valence-corrected chi connectivity index (χ3v) is 2.61. The molecule has 0 bridgehead atoms. The minimum absolute atomic E-state index is 0.0497. The summed E-state index contributed by atoms with van der Waals surface area (Å²) in [5, 5.41) is 0. The van der Waals surface area contributed by atoms with Gasteiger partial charge in [-0.05, 0) is 36.6 Å². The number of anilines is 1. The van der Waals surface area contributed by atoms with Gasteiger partial charge in [-0.1, -0.05) is 26.0 Å². The van der Waals surface area contributed by atoms with Crippen LogP contribution in [0.4, 0.5) is 5.69 Å². The summed E-state index contributed by atoms with van der Waals surface area (Å²) in [7, 11) is 0. The van der Waals surface area contributed by atoms with Crippen molar-refractivity contribution in [2.75, 3.05) is 18.8 Å². The summed E-state index contributed by atoms with van der Waals surface area (Å²) < 4.78 is 0. The van der Waals surface area contributed by atoms with Gasteiger partial charge in [-0.2, -0.15) is 0 Å². The summed E-state index contributed by atoms with van der Waals surface area (Å²) in [6, 6.07) is 7.49. The highest BCUT2D eigenvalue weighted by atomic mass is 16.2. The van der Waals surface area contributed by atoms with E-state index in [1.807, 2.05) is 42.2 Å². The Bertz CT molecular complexity index is 424. The van der Waals surface area contributed by atoms with Gasteiger partial charge in [0, 0.05) is 24.9 Å². The standard InChI is InChI=1S/C15H22N2O/c1-4-17(11-12(2)3)15(18)9-8-13-6-5-7-14(16)10-13/h5-10,12H,4,11,16H2,1-3H3/b9-8+. The van der Waals surface area contributed by atoms with Crippen LogP contribution in [-0.2, 0) is 4.79 Å². The molecule has 0 aromatic heterocycles. The SMILES string of the molecule is CCN(CC(C)C)C(=O)/C=C/c1cccc(N)c1. The third-order valence-electron chi connectivity index (χ3n) is 2.61. The Kier molecular flexibility index (Phi) is 5.43. The second-order valence-corrected chi connectivity index (χ2v) is 4.77. The van der Waals surface area contributed by atoms with E-state index in [-0.39, 0.29) is 5.91 Å². The maximum absolute atomic E-state index is 12.0. The zero-order valence-corrected chi connectivity index (χ0v) is 11.4. The predicted molar refractivity (Wildman–Crippen MR) is 77.0 cm³/mol. The van der Waals surface area contributed by atoms with Crippen LogP contribution in [0.2, 0.25) is 0 Å². The molecule has 0 spiro atoms. The maximum Gasteiger partial charge on any atom is 0.246 e. The molecule has 1 aromatic rings. The van der Waals surface area contributed by atoms with E-state index in [1.165, 1.54) is 0 Å². The number of likely N-dealkylation sites (N-methyl/N-ethyl adjacent to an activating group) is 1. The first-order chi connectivity index (χ1) is 8.52. The molecule has 3 nitrogen and oxygen atoms in total. The number of hydrogen-bond donors (Lipinski definition) is 1. The Balaban J connectivity index is 2.68. The number of carbonyl (C=O) groups is 1. The van der Waals surface area contributed by atoms with Crippen molar-refractivity contribution in [3.05, 3.63) is 35.9 Å². The molecule has 0 aliphatic rings. The van der Waals surface area contributed by atoms with Crippen molar-refractivity contribution in [3.8, 4) is 0 Å². The van der Waals surface area contributed by atoms with Crippen molar-refractivity contribution >= 4 is 17.7 Å². The fourth-order valence-electron chi connectivity index (χ4n) is 1.75. The Morgan fingerprint density at radius 3 is 2.72 bits per heavy atom. The summed E-state index contributed by atoms with van der Waals surface area (Å²) in [5.74, 6) is 0.531. The summed E-state index contributed by atoms with van der Waals surface area (Å²) >= 11 is 0. The van der Waals surface area contributed by atoms with Crippen LogP contribution in [0, 0.1) is 5.92 Å². The fraction of sp³-hybridized carbons (Fsp3) is 0.400. The monoisotopic (exact) mass is 246 g/mol. The highest BCUT2D eigenvalue weighted by Crippen LogP contribution is 2.09. The first kappa shape index (κ1) is 14.3. The molecular formula is C15H22N2O. The summed E-state index contributed by atoms with van der Waals surface area (Å²) in [5.41, 5.74) is 7.34. The van der Waals surface area contributed by atoms with Crippen molar-refractivity contribution < 1.29 is 4.79 Å². The lowest BCUT2D eigenvalue weighted by Crippen LogP contribution is -2.32. The molecule has 0 saturated heterocycles. The van der Waals surface area contributed by atoms with Crippen LogP contribution in [-0.4, -0.2) is 23.9 Å². The number of nitrogens with two attached hydrogens (primary N) is 1. The fourth-order valence-corrected chi connectivity index (χ4v) is 1.75. The number of nitrogens with zero attached hydrogens (tertiary/aromatic N) is 1. The molecule has 0 fully saturated rings. The smallest absolute Gasteiger partial charge is 0.246 e. The Morgan fingerprint density at radius 2 is 2.17 bits per heavy atom. The van der Waals surface area contributed by atoms with Crippen molar-refractivity contribution in [1.29, 1.82) is 0 Å². The summed E-state index contributed by atoms with van der Waals surface area (Å²) in [4.78, 5) is 13.8. The molecular weight excluding hydrogens is 224 g/mol. The molecule has 1 rings (SSSR count). The van der Waals surface area contributed by atoms with Crippen LogP contribution >= 0.6 is 0 Å². The van der Waals surface area contributed by atoms with Crippen molar-refractivity contribution in [2.45, 2.75) is 20.8 Å². The Morgan fingerprint density at radius 1 is 1.44 bits per heavy atom. The minimum atomic E-state index is 0.0497. The van der Waals surface area contributed by atoms with Gasteiger partial charge in [-0.3, -0.25) is 4.79 Å². The van der Waals surface area contributed by atoms with E-state index in [0.29, 0.717) is 11.6 Å². The Hall–Kier alpha value is -1.77. The van der Waals surface area contributed by atoms with E-state index in [0.717, 1.165) is 18.7 Å². The van der Waals surface area contributed by atoms with Gasteiger partial charge in [0.1, 0.15) is 0 Å². The molecule has 0 atom stereocenters. The van der Waals surface area contributed by atoms with Crippen molar-refractivity contribution in [2.24, 2.45) is 5.92 Å². The number of amides is 1. The maximum atomic E-state index is 12.0. The van der Waals surface area contributed by atoms with E-state index < -0.39 is 0 Å². The van der Waals surface area contributed by atoms with Gasteiger partial charge in [0.2, 0.25) is 5.91 Å². The number of nitrogen functional groups attached to an aromatic ring is 1. The van der Waals surface area contributed by atoms with E-state index in [1.54, 1.807) is 6.08 Å². The number of benzene rings is 1. The largest absolute Gasteiger partial charge is 0.399 e. The van der Waals surface area contributed by atoms with Gasteiger partial charge in [0.25, 0.3) is 0 Å². The third kappa shape index (κ3) is 4.62. The van der Waals surface area contributed by atoms with Crippen molar-refractivity contribution in [1.82, 2.24) is 4.90 Å². The molecule has 98 valence electrons. The lowest BCUT2D eigenvalue weighted by molar-refractivity contribution is -0.126. The van der Waals surface area contributed by atoms with Gasteiger partial charge in [0.15, 0.2) is 0 Å². The molecule has 3 heteroatoms. The molecule has 0 radical (unpaired) electrons. The zero-order valence-electron chi connectivity index (χ0n) is 11.4. The lowest BCUT2D eigenvalue weighted by atomic mass is 10.1. The quantitative estimate of drug-likeness (QED) is 0.641. The van der Waals surface area contributed by atoms with Crippen LogP contribution < -0.4 is 5.73 Å². The molecule has 1 aromatic carbocycles. The van der Waals surface area contributed by atoms with Gasteiger partial charge >= 0.3 is 0 Å². The van der Waals surface area contributed by atoms with Gasteiger partial charge in [-0.25, -0.2) is 0 Å². The molecule has 0 aliphatic heterocycles. The van der Waals surface area contributed by atoms with E-state index in [4.69, 9.17) is 5.73 Å².